The van der Waals surface area contributed by atoms with Crippen molar-refractivity contribution in [3.8, 4) is 5.75 Å². The van der Waals surface area contributed by atoms with Crippen LogP contribution in [0.5, 0.6) is 5.75 Å². The van der Waals surface area contributed by atoms with E-state index < -0.39 is 0 Å². The molecular weight excluding hydrogens is 240 g/mol. The van der Waals surface area contributed by atoms with Crippen LogP contribution in [0.1, 0.15) is 25.8 Å². The van der Waals surface area contributed by atoms with Gasteiger partial charge in [0, 0.05) is 30.9 Å². The van der Waals surface area contributed by atoms with Crippen molar-refractivity contribution in [3.05, 3.63) is 23.8 Å². The summed E-state index contributed by atoms with van der Waals surface area (Å²) in [6.45, 7) is 6.98. The van der Waals surface area contributed by atoms with Gasteiger partial charge in [0.2, 0.25) is 0 Å². The fourth-order valence-electron chi connectivity index (χ4n) is 2.55. The fraction of sp³-hybridized carbons (Fsp3) is 0.600. The van der Waals surface area contributed by atoms with Crippen LogP contribution in [0.2, 0.25) is 0 Å². The van der Waals surface area contributed by atoms with Gasteiger partial charge < -0.3 is 15.2 Å². The molecule has 1 aromatic rings. The van der Waals surface area contributed by atoms with E-state index in [0.29, 0.717) is 12.1 Å². The zero-order chi connectivity index (χ0) is 13.8. The van der Waals surface area contributed by atoms with Crippen molar-refractivity contribution in [1.82, 2.24) is 4.90 Å². The molecule has 4 heteroatoms. The number of morpholine rings is 1. The number of rotatable bonds is 4. The number of hydrogen-bond donors (Lipinski definition) is 1. The second-order valence-electron chi connectivity index (χ2n) is 5.20. The summed E-state index contributed by atoms with van der Waals surface area (Å²) in [5, 5.41) is 0. The number of ether oxygens (including phenoxy) is 2. The summed E-state index contributed by atoms with van der Waals surface area (Å²) < 4.78 is 10.9. The number of hydrogen-bond acceptors (Lipinski definition) is 4. The number of benzene rings is 1. The Hall–Kier alpha value is -1.26. The van der Waals surface area contributed by atoms with Gasteiger partial charge in [-0.25, -0.2) is 0 Å². The molecule has 1 fully saturated rings. The van der Waals surface area contributed by atoms with Crippen LogP contribution in [0.4, 0.5) is 5.69 Å². The number of methoxy groups -OCH3 is 1. The SMILES string of the molecule is CCC1COC(C)CN1Cc1ccc(OC)cc1N. The van der Waals surface area contributed by atoms with Gasteiger partial charge in [-0.2, -0.15) is 0 Å². The highest BCUT2D eigenvalue weighted by Crippen LogP contribution is 2.24. The third-order valence-electron chi connectivity index (χ3n) is 3.78. The van der Waals surface area contributed by atoms with E-state index in [1.807, 2.05) is 12.1 Å². The summed E-state index contributed by atoms with van der Waals surface area (Å²) in [5.74, 6) is 0.809. The van der Waals surface area contributed by atoms with Crippen molar-refractivity contribution < 1.29 is 9.47 Å². The molecule has 1 aliphatic heterocycles. The van der Waals surface area contributed by atoms with Gasteiger partial charge in [-0.05, 0) is 25.0 Å². The molecule has 0 amide bonds. The monoisotopic (exact) mass is 264 g/mol. The first-order valence-electron chi connectivity index (χ1n) is 6.92. The van der Waals surface area contributed by atoms with E-state index in [0.717, 1.165) is 43.1 Å². The van der Waals surface area contributed by atoms with E-state index in [2.05, 4.69) is 24.8 Å². The molecule has 2 atom stereocenters. The van der Waals surface area contributed by atoms with Crippen LogP contribution >= 0.6 is 0 Å². The van der Waals surface area contributed by atoms with Gasteiger partial charge in [0.15, 0.2) is 0 Å². The quantitative estimate of drug-likeness (QED) is 0.848. The maximum Gasteiger partial charge on any atom is 0.120 e. The van der Waals surface area contributed by atoms with Crippen molar-refractivity contribution in [1.29, 1.82) is 0 Å². The lowest BCUT2D eigenvalue weighted by atomic mass is 10.1. The Kier molecular flexibility index (Phi) is 4.66. The Labute approximate surface area is 115 Å². The molecule has 0 aliphatic carbocycles. The minimum Gasteiger partial charge on any atom is -0.497 e. The third-order valence-corrected chi connectivity index (χ3v) is 3.78. The van der Waals surface area contributed by atoms with Crippen LogP contribution in [0.15, 0.2) is 18.2 Å². The van der Waals surface area contributed by atoms with Gasteiger partial charge in [-0.15, -0.1) is 0 Å². The zero-order valence-electron chi connectivity index (χ0n) is 12.1. The van der Waals surface area contributed by atoms with Crippen molar-refractivity contribution in [2.75, 3.05) is 26.0 Å². The molecule has 1 aliphatic rings. The van der Waals surface area contributed by atoms with Gasteiger partial charge in [-0.3, -0.25) is 4.90 Å². The summed E-state index contributed by atoms with van der Waals surface area (Å²) >= 11 is 0. The molecule has 19 heavy (non-hydrogen) atoms. The Morgan fingerprint density at radius 3 is 2.89 bits per heavy atom. The number of anilines is 1. The second kappa shape index (κ2) is 6.26. The minimum atomic E-state index is 0.294. The first-order valence-corrected chi connectivity index (χ1v) is 6.92. The van der Waals surface area contributed by atoms with Crippen molar-refractivity contribution in [2.24, 2.45) is 0 Å². The Morgan fingerprint density at radius 1 is 1.47 bits per heavy atom. The molecular formula is C15H24N2O2. The molecule has 0 radical (unpaired) electrons. The number of nitrogen functional groups attached to an aromatic ring is 1. The Bertz CT molecular complexity index is 423. The number of nitrogens with zero attached hydrogens (tertiary/aromatic N) is 1. The maximum absolute atomic E-state index is 6.10. The van der Waals surface area contributed by atoms with Crippen molar-refractivity contribution >= 4 is 5.69 Å². The molecule has 0 aromatic heterocycles. The van der Waals surface area contributed by atoms with Gasteiger partial charge >= 0.3 is 0 Å². The largest absolute Gasteiger partial charge is 0.497 e. The lowest BCUT2D eigenvalue weighted by Crippen LogP contribution is -2.47. The standard InChI is InChI=1S/C15H24N2O2/c1-4-13-10-19-11(2)8-17(13)9-12-5-6-14(18-3)7-15(12)16/h5-7,11,13H,4,8-10,16H2,1-3H3. The molecule has 2 rings (SSSR count). The van der Waals surface area contributed by atoms with Gasteiger partial charge in [0.25, 0.3) is 0 Å². The highest BCUT2D eigenvalue weighted by Gasteiger charge is 2.25. The van der Waals surface area contributed by atoms with Gasteiger partial charge in [0.05, 0.1) is 19.8 Å². The van der Waals surface area contributed by atoms with Crippen LogP contribution in [0, 0.1) is 0 Å². The summed E-state index contributed by atoms with van der Waals surface area (Å²) in [5.41, 5.74) is 8.06. The molecule has 2 N–H and O–H groups in total. The van der Waals surface area contributed by atoms with E-state index in [4.69, 9.17) is 15.2 Å². The summed E-state index contributed by atoms with van der Waals surface area (Å²) in [6, 6.07) is 6.40. The molecule has 106 valence electrons. The third kappa shape index (κ3) is 3.39. The lowest BCUT2D eigenvalue weighted by Gasteiger charge is -2.38. The average Bonchev–Trinajstić information content (AvgIpc) is 2.41. The summed E-state index contributed by atoms with van der Waals surface area (Å²) in [7, 11) is 1.66. The second-order valence-corrected chi connectivity index (χ2v) is 5.20. The van der Waals surface area contributed by atoms with Crippen molar-refractivity contribution in [2.45, 2.75) is 39.0 Å². The smallest absolute Gasteiger partial charge is 0.120 e. The van der Waals surface area contributed by atoms with E-state index in [1.165, 1.54) is 0 Å². The number of nitrogens with two attached hydrogens (primary N) is 1. The highest BCUT2D eigenvalue weighted by molar-refractivity contribution is 5.51. The molecule has 1 saturated heterocycles. The van der Waals surface area contributed by atoms with Crippen LogP contribution < -0.4 is 10.5 Å². The molecule has 1 heterocycles. The molecule has 0 saturated carbocycles. The topological polar surface area (TPSA) is 47.7 Å². The maximum atomic E-state index is 6.10. The first-order chi connectivity index (χ1) is 9.13. The van der Waals surface area contributed by atoms with Gasteiger partial charge in [0.1, 0.15) is 5.75 Å². The molecule has 2 unspecified atom stereocenters. The zero-order valence-corrected chi connectivity index (χ0v) is 12.1. The Balaban J connectivity index is 2.10. The average molecular weight is 264 g/mol. The fourth-order valence-corrected chi connectivity index (χ4v) is 2.55. The highest BCUT2D eigenvalue weighted by atomic mass is 16.5. The molecule has 1 aromatic carbocycles. The van der Waals surface area contributed by atoms with E-state index >= 15 is 0 Å². The van der Waals surface area contributed by atoms with Crippen LogP contribution in [0.3, 0.4) is 0 Å². The predicted molar refractivity (Wildman–Crippen MR) is 77.3 cm³/mol. The summed E-state index contributed by atoms with van der Waals surface area (Å²) in [4.78, 5) is 2.46. The summed E-state index contributed by atoms with van der Waals surface area (Å²) in [6.07, 6.45) is 1.39. The lowest BCUT2D eigenvalue weighted by molar-refractivity contribution is -0.0591. The minimum absolute atomic E-state index is 0.294. The van der Waals surface area contributed by atoms with Crippen LogP contribution in [0.25, 0.3) is 0 Å². The van der Waals surface area contributed by atoms with E-state index in [1.54, 1.807) is 7.11 Å². The first kappa shape index (κ1) is 14.2. The molecule has 4 nitrogen and oxygen atoms in total. The van der Waals surface area contributed by atoms with Crippen LogP contribution in [-0.2, 0) is 11.3 Å². The van der Waals surface area contributed by atoms with E-state index in [9.17, 15) is 0 Å². The Morgan fingerprint density at radius 2 is 2.26 bits per heavy atom. The van der Waals surface area contributed by atoms with Crippen molar-refractivity contribution in [3.63, 3.8) is 0 Å². The normalized spacial score (nSPS) is 24.4. The molecule has 0 spiro atoms. The molecule has 0 bridgehead atoms. The van der Waals surface area contributed by atoms with Gasteiger partial charge in [-0.1, -0.05) is 13.0 Å². The van der Waals surface area contributed by atoms with E-state index in [-0.39, 0.29) is 0 Å². The van der Waals surface area contributed by atoms with Crippen LogP contribution in [-0.4, -0.2) is 37.3 Å². The predicted octanol–water partition coefficient (Wildman–Crippen LogP) is 2.28.